The van der Waals surface area contributed by atoms with Gasteiger partial charge in [-0.25, -0.2) is 0 Å². The van der Waals surface area contributed by atoms with Crippen molar-refractivity contribution in [3.05, 3.63) is 0 Å². The minimum atomic E-state index is -1.18. The Kier molecular flexibility index (Phi) is 12.6. The van der Waals surface area contributed by atoms with Crippen LogP contribution in [0.15, 0.2) is 0 Å². The fourth-order valence-corrected chi connectivity index (χ4v) is 2.51. The van der Waals surface area contributed by atoms with Gasteiger partial charge in [-0.2, -0.15) is 0 Å². The number of aliphatic carboxylic acids is 1. The van der Waals surface area contributed by atoms with Crippen LogP contribution >= 0.6 is 0 Å². The molecule has 0 aliphatic carbocycles. The van der Waals surface area contributed by atoms with Crippen molar-refractivity contribution in [3.8, 4) is 0 Å². The van der Waals surface area contributed by atoms with Crippen LogP contribution in [0.2, 0.25) is 0 Å². The quantitative estimate of drug-likeness (QED) is 0.363. The van der Waals surface area contributed by atoms with E-state index in [-0.39, 0.29) is 6.42 Å². The Morgan fingerprint density at radius 3 is 1.83 bits per heavy atom. The number of rotatable bonds is 14. The molecule has 0 saturated heterocycles. The Bertz CT molecular complexity index is 350. The van der Waals surface area contributed by atoms with Gasteiger partial charge in [0, 0.05) is 0 Å². The van der Waals surface area contributed by atoms with Crippen LogP contribution in [0.1, 0.15) is 91.4 Å². The molecule has 142 valence electrons. The van der Waals surface area contributed by atoms with E-state index >= 15 is 0 Å². The van der Waals surface area contributed by atoms with E-state index in [9.17, 15) is 9.59 Å². The van der Waals surface area contributed by atoms with Gasteiger partial charge in [0.2, 0.25) is 0 Å². The fraction of sp³-hybridized carbons (Fsp3) is 0.895. The maximum absolute atomic E-state index is 11.3. The van der Waals surface area contributed by atoms with E-state index in [1.807, 2.05) is 0 Å². The van der Waals surface area contributed by atoms with E-state index in [1.165, 1.54) is 44.9 Å². The van der Waals surface area contributed by atoms with Crippen LogP contribution in [0.4, 0.5) is 0 Å². The van der Waals surface area contributed by atoms with E-state index in [4.69, 9.17) is 15.6 Å². The number of carboxylic acid groups (broad SMARTS) is 1. The van der Waals surface area contributed by atoms with Gasteiger partial charge in [-0.15, -0.1) is 0 Å². The number of carbonyl (C=O) groups is 2. The summed E-state index contributed by atoms with van der Waals surface area (Å²) in [5, 5.41) is 8.59. The molecule has 0 spiro atoms. The number of nitrogens with two attached hydrogens (primary N) is 1. The molecule has 0 aromatic rings. The van der Waals surface area contributed by atoms with Crippen molar-refractivity contribution in [3.63, 3.8) is 0 Å². The molecule has 0 aromatic heterocycles. The highest BCUT2D eigenvalue weighted by atomic mass is 16.5. The Morgan fingerprint density at radius 1 is 0.917 bits per heavy atom. The average molecular weight is 344 g/mol. The Balaban J connectivity index is 3.28. The molecule has 5 heteroatoms. The first-order valence-electron chi connectivity index (χ1n) is 9.36. The number of hydrogen-bond donors (Lipinski definition) is 2. The summed E-state index contributed by atoms with van der Waals surface area (Å²) in [6, 6.07) is -1.17. The highest BCUT2D eigenvalue weighted by Gasteiger charge is 2.16. The lowest BCUT2D eigenvalue weighted by molar-refractivity contribution is -0.148. The second kappa shape index (κ2) is 13.2. The molecule has 0 saturated carbocycles. The number of unbranched alkanes of at least 4 members (excludes halogenated alkanes) is 8. The van der Waals surface area contributed by atoms with E-state index in [1.54, 1.807) is 0 Å². The predicted molar refractivity (Wildman–Crippen MR) is 96.8 cm³/mol. The van der Waals surface area contributed by atoms with Crippen LogP contribution in [0.3, 0.4) is 0 Å². The van der Waals surface area contributed by atoms with Crippen LogP contribution in [-0.4, -0.2) is 29.7 Å². The molecular formula is C19H37NO4. The monoisotopic (exact) mass is 343 g/mol. The van der Waals surface area contributed by atoms with Gasteiger partial charge in [0.25, 0.3) is 0 Å². The molecule has 0 unspecified atom stereocenters. The Morgan fingerprint density at radius 2 is 1.38 bits per heavy atom. The summed E-state index contributed by atoms with van der Waals surface area (Å²) in [6.45, 7) is 7.25. The molecule has 5 nitrogen and oxygen atoms in total. The van der Waals surface area contributed by atoms with Crippen LogP contribution in [0, 0.1) is 5.41 Å². The largest absolute Gasteiger partial charge is 0.480 e. The third-order valence-electron chi connectivity index (χ3n) is 4.04. The second-order valence-corrected chi connectivity index (χ2v) is 7.86. The van der Waals surface area contributed by atoms with Crippen molar-refractivity contribution >= 4 is 11.9 Å². The number of esters is 1. The second-order valence-electron chi connectivity index (χ2n) is 7.86. The minimum absolute atomic E-state index is 0.259. The lowest BCUT2D eigenvalue weighted by atomic mass is 9.89. The SMILES string of the molecule is CC(C)(C)CCCCCCCCCCCOC(=O)C[C@H](N)C(=O)O. The lowest BCUT2D eigenvalue weighted by Gasteiger charge is -2.17. The topological polar surface area (TPSA) is 89.6 Å². The van der Waals surface area contributed by atoms with Gasteiger partial charge in [0.05, 0.1) is 13.0 Å². The van der Waals surface area contributed by atoms with Crippen molar-refractivity contribution < 1.29 is 19.4 Å². The molecule has 0 heterocycles. The van der Waals surface area contributed by atoms with Gasteiger partial charge in [0.1, 0.15) is 6.04 Å². The predicted octanol–water partition coefficient (Wildman–Crippen LogP) is 4.28. The molecular weight excluding hydrogens is 306 g/mol. The van der Waals surface area contributed by atoms with Gasteiger partial charge in [-0.1, -0.05) is 72.1 Å². The Hall–Kier alpha value is -1.10. The molecule has 0 bridgehead atoms. The van der Waals surface area contributed by atoms with E-state index in [2.05, 4.69) is 20.8 Å². The van der Waals surface area contributed by atoms with Crippen molar-refractivity contribution in [2.24, 2.45) is 11.1 Å². The summed E-state index contributed by atoms with van der Waals surface area (Å²) in [4.78, 5) is 21.8. The highest BCUT2D eigenvalue weighted by Crippen LogP contribution is 2.22. The van der Waals surface area contributed by atoms with Crippen LogP contribution < -0.4 is 5.73 Å². The van der Waals surface area contributed by atoms with Crippen LogP contribution in [0.25, 0.3) is 0 Å². The number of carbonyl (C=O) groups excluding carboxylic acids is 1. The third kappa shape index (κ3) is 15.8. The zero-order chi connectivity index (χ0) is 18.4. The fourth-order valence-electron chi connectivity index (χ4n) is 2.51. The average Bonchev–Trinajstić information content (AvgIpc) is 2.47. The third-order valence-corrected chi connectivity index (χ3v) is 4.04. The molecule has 0 amide bonds. The molecule has 3 N–H and O–H groups in total. The van der Waals surface area contributed by atoms with E-state index < -0.39 is 18.0 Å². The Labute approximate surface area is 147 Å². The maximum Gasteiger partial charge on any atom is 0.321 e. The van der Waals surface area contributed by atoms with Crippen molar-refractivity contribution in [1.29, 1.82) is 0 Å². The molecule has 24 heavy (non-hydrogen) atoms. The molecule has 0 aliphatic rings. The minimum Gasteiger partial charge on any atom is -0.480 e. The van der Waals surface area contributed by atoms with Gasteiger partial charge < -0.3 is 15.6 Å². The normalized spacial score (nSPS) is 12.8. The van der Waals surface area contributed by atoms with E-state index in [0.717, 1.165) is 19.3 Å². The molecule has 0 fully saturated rings. The molecule has 1 atom stereocenters. The molecule has 0 radical (unpaired) electrons. The zero-order valence-electron chi connectivity index (χ0n) is 15.8. The standard InChI is InChI=1S/C19H37NO4/c1-19(2,3)13-11-9-7-5-4-6-8-10-12-14-24-17(21)15-16(20)18(22)23/h16H,4-15,20H2,1-3H3,(H,22,23)/t16-/m0/s1. The summed E-state index contributed by atoms with van der Waals surface area (Å²) >= 11 is 0. The number of hydrogen-bond acceptors (Lipinski definition) is 4. The van der Waals surface area contributed by atoms with Gasteiger partial charge >= 0.3 is 11.9 Å². The summed E-state index contributed by atoms with van der Waals surface area (Å²) in [7, 11) is 0. The summed E-state index contributed by atoms with van der Waals surface area (Å²) in [6.07, 6.45) is 11.9. The van der Waals surface area contributed by atoms with Crippen molar-refractivity contribution in [2.75, 3.05) is 6.61 Å². The lowest BCUT2D eigenvalue weighted by Crippen LogP contribution is -2.33. The maximum atomic E-state index is 11.3. The smallest absolute Gasteiger partial charge is 0.321 e. The molecule has 0 aliphatic heterocycles. The summed E-state index contributed by atoms with van der Waals surface area (Å²) in [5.74, 6) is -1.70. The molecule has 0 aromatic carbocycles. The first kappa shape index (κ1) is 22.9. The number of carboxylic acids is 1. The summed E-state index contributed by atoms with van der Waals surface area (Å²) < 4.78 is 4.98. The first-order valence-corrected chi connectivity index (χ1v) is 9.36. The van der Waals surface area contributed by atoms with Crippen molar-refractivity contribution in [2.45, 2.75) is 97.4 Å². The van der Waals surface area contributed by atoms with Crippen molar-refractivity contribution in [1.82, 2.24) is 0 Å². The highest BCUT2D eigenvalue weighted by molar-refractivity contribution is 5.81. The van der Waals surface area contributed by atoms with Crippen LogP contribution in [-0.2, 0) is 14.3 Å². The van der Waals surface area contributed by atoms with Crippen LogP contribution in [0.5, 0.6) is 0 Å². The molecule has 0 rings (SSSR count). The van der Waals surface area contributed by atoms with E-state index in [0.29, 0.717) is 12.0 Å². The summed E-state index contributed by atoms with van der Waals surface area (Å²) in [5.41, 5.74) is 5.73. The number of ether oxygens (including phenoxy) is 1. The zero-order valence-corrected chi connectivity index (χ0v) is 15.8. The van der Waals surface area contributed by atoms with Gasteiger partial charge in [-0.05, 0) is 18.3 Å². The first-order chi connectivity index (χ1) is 11.2. The van der Waals surface area contributed by atoms with Gasteiger partial charge in [-0.3, -0.25) is 9.59 Å². The van der Waals surface area contributed by atoms with Gasteiger partial charge in [0.15, 0.2) is 0 Å².